The lowest BCUT2D eigenvalue weighted by Crippen LogP contribution is -2.17. The Morgan fingerprint density at radius 3 is 2.56 bits per heavy atom. The number of hydrogen-bond acceptors (Lipinski definition) is 4. The van der Waals surface area contributed by atoms with Gasteiger partial charge in [-0.05, 0) is 24.0 Å². The minimum absolute atomic E-state index is 0.643. The number of thioether (sulfide) groups is 1. The zero-order valence-electron chi connectivity index (χ0n) is 11.0. The summed E-state index contributed by atoms with van der Waals surface area (Å²) in [6.45, 7) is 4.55. The van der Waals surface area contributed by atoms with Crippen LogP contribution in [0.2, 0.25) is 0 Å². The van der Waals surface area contributed by atoms with Gasteiger partial charge < -0.3 is 15.4 Å². The molecule has 0 aliphatic rings. The highest BCUT2D eigenvalue weighted by Crippen LogP contribution is 2.11. The second kappa shape index (κ2) is 7.66. The number of nitrogens with one attached hydrogen (secondary N) is 2. The predicted octanol–water partition coefficient (Wildman–Crippen LogP) is 2.19. The van der Waals surface area contributed by atoms with Crippen LogP contribution in [0.5, 0.6) is 5.75 Å². The Labute approximate surface area is 113 Å². The van der Waals surface area contributed by atoms with Crippen LogP contribution in [0.4, 0.5) is 0 Å². The Morgan fingerprint density at radius 2 is 2.06 bits per heavy atom. The molecular weight excluding hydrogens is 246 g/mol. The first-order chi connectivity index (χ1) is 8.69. The Morgan fingerprint density at radius 1 is 1.39 bits per heavy atom. The molecule has 0 aliphatic carbocycles. The van der Waals surface area contributed by atoms with Crippen molar-refractivity contribution in [1.29, 1.82) is 0 Å². The summed E-state index contributed by atoms with van der Waals surface area (Å²) < 4.78 is 5.11. The van der Waals surface area contributed by atoms with E-state index in [-0.39, 0.29) is 0 Å². The van der Waals surface area contributed by atoms with Crippen LogP contribution < -0.4 is 15.4 Å². The third-order valence-corrected chi connectivity index (χ3v) is 2.98. The molecule has 5 heteroatoms. The van der Waals surface area contributed by atoms with Gasteiger partial charge in [-0.25, -0.2) is 4.99 Å². The van der Waals surface area contributed by atoms with Gasteiger partial charge in [0.1, 0.15) is 11.6 Å². The molecule has 0 heterocycles. The summed E-state index contributed by atoms with van der Waals surface area (Å²) >= 11 is 1.55. The van der Waals surface area contributed by atoms with E-state index in [0.717, 1.165) is 16.5 Å². The Bertz CT molecular complexity index is 409. The van der Waals surface area contributed by atoms with Gasteiger partial charge in [0.2, 0.25) is 0 Å². The van der Waals surface area contributed by atoms with Gasteiger partial charge >= 0.3 is 0 Å². The van der Waals surface area contributed by atoms with Gasteiger partial charge in [0.25, 0.3) is 0 Å². The largest absolute Gasteiger partial charge is 0.497 e. The van der Waals surface area contributed by atoms with Crippen molar-refractivity contribution < 1.29 is 4.74 Å². The van der Waals surface area contributed by atoms with Gasteiger partial charge in [0, 0.05) is 13.6 Å². The molecule has 0 amide bonds. The van der Waals surface area contributed by atoms with E-state index >= 15 is 0 Å². The van der Waals surface area contributed by atoms with Gasteiger partial charge in [-0.15, -0.1) is 0 Å². The summed E-state index contributed by atoms with van der Waals surface area (Å²) in [5, 5.41) is 6.99. The van der Waals surface area contributed by atoms with Gasteiger partial charge in [-0.2, -0.15) is 0 Å². The third-order valence-electron chi connectivity index (χ3n) is 2.30. The van der Waals surface area contributed by atoms with E-state index in [1.54, 1.807) is 18.9 Å². The molecule has 1 rings (SSSR count). The van der Waals surface area contributed by atoms with Crippen molar-refractivity contribution in [3.63, 3.8) is 0 Å². The summed E-state index contributed by atoms with van der Waals surface area (Å²) in [5.41, 5.74) is 1.15. The fourth-order valence-corrected chi connectivity index (χ4v) is 1.72. The van der Waals surface area contributed by atoms with Gasteiger partial charge in [0.15, 0.2) is 5.17 Å². The van der Waals surface area contributed by atoms with E-state index in [4.69, 9.17) is 4.74 Å². The fraction of sp³-hybridized carbons (Fsp3) is 0.308. The number of methoxy groups -OCH3 is 1. The van der Waals surface area contributed by atoms with E-state index in [1.165, 1.54) is 0 Å². The molecule has 4 nitrogen and oxygen atoms in total. The third kappa shape index (κ3) is 4.71. The summed E-state index contributed by atoms with van der Waals surface area (Å²) in [6, 6.07) is 7.89. The highest BCUT2D eigenvalue weighted by Gasteiger charge is 1.97. The first kappa shape index (κ1) is 14.4. The maximum atomic E-state index is 5.11. The van der Waals surface area contributed by atoms with Crippen molar-refractivity contribution in [2.45, 2.75) is 6.54 Å². The van der Waals surface area contributed by atoms with Crippen molar-refractivity contribution in [3.8, 4) is 5.75 Å². The molecule has 0 unspecified atom stereocenters. The minimum Gasteiger partial charge on any atom is -0.497 e. The standard InChI is InChI=1S/C13H19N3OS/c1-10(16-13(14-2)18-4)15-9-11-5-7-12(17-3)8-6-11/h5-8,15H,1,9H2,2-4H3,(H,14,16). The van der Waals surface area contributed by atoms with Crippen molar-refractivity contribution in [2.24, 2.45) is 4.99 Å². The summed E-state index contributed by atoms with van der Waals surface area (Å²) in [4.78, 5) is 4.30. The van der Waals surface area contributed by atoms with E-state index in [0.29, 0.717) is 12.4 Å². The van der Waals surface area contributed by atoms with Gasteiger partial charge in [-0.1, -0.05) is 30.5 Å². The van der Waals surface area contributed by atoms with Crippen LogP contribution in [-0.4, -0.2) is 25.6 Å². The molecule has 0 radical (unpaired) electrons. The van der Waals surface area contributed by atoms with Crippen LogP contribution in [0.3, 0.4) is 0 Å². The van der Waals surface area contributed by atoms with Gasteiger partial charge in [-0.3, -0.25) is 0 Å². The molecule has 98 valence electrons. The van der Waals surface area contributed by atoms with Crippen LogP contribution >= 0.6 is 11.8 Å². The average molecular weight is 265 g/mol. The molecule has 0 saturated heterocycles. The van der Waals surface area contributed by atoms with Crippen LogP contribution in [-0.2, 0) is 6.54 Å². The minimum atomic E-state index is 0.643. The van der Waals surface area contributed by atoms with Gasteiger partial charge in [0.05, 0.1) is 7.11 Å². The number of ether oxygens (including phenoxy) is 1. The van der Waals surface area contributed by atoms with Crippen LogP contribution in [0.1, 0.15) is 5.56 Å². The smallest absolute Gasteiger partial charge is 0.162 e. The number of benzene rings is 1. The normalized spacial score (nSPS) is 10.9. The molecular formula is C13H19N3OS. The summed E-state index contributed by atoms with van der Waals surface area (Å²) in [5.74, 6) is 1.50. The lowest BCUT2D eigenvalue weighted by Gasteiger charge is -2.08. The number of rotatable bonds is 5. The van der Waals surface area contributed by atoms with Crippen LogP contribution in [0.15, 0.2) is 41.7 Å². The summed E-state index contributed by atoms with van der Waals surface area (Å²) in [6.07, 6.45) is 1.96. The molecule has 0 fully saturated rings. The first-order valence-electron chi connectivity index (χ1n) is 5.55. The topological polar surface area (TPSA) is 45.7 Å². The molecule has 0 saturated carbocycles. The number of amidine groups is 1. The van der Waals surface area contributed by atoms with Crippen molar-refractivity contribution >= 4 is 16.9 Å². The molecule has 0 spiro atoms. The molecule has 1 aromatic rings. The molecule has 2 N–H and O–H groups in total. The van der Waals surface area contributed by atoms with Crippen molar-refractivity contribution in [2.75, 3.05) is 20.4 Å². The Kier molecular flexibility index (Phi) is 6.14. The predicted molar refractivity (Wildman–Crippen MR) is 79.0 cm³/mol. The maximum Gasteiger partial charge on any atom is 0.162 e. The second-order valence-corrected chi connectivity index (χ2v) is 4.31. The zero-order chi connectivity index (χ0) is 13.4. The monoisotopic (exact) mass is 265 g/mol. The number of aliphatic imine (C=N–C) groups is 1. The van der Waals surface area contributed by atoms with Crippen molar-refractivity contribution in [1.82, 2.24) is 10.6 Å². The highest BCUT2D eigenvalue weighted by atomic mass is 32.2. The number of nitrogens with zero attached hydrogens (tertiary/aromatic N) is 1. The first-order valence-corrected chi connectivity index (χ1v) is 6.78. The van der Waals surface area contributed by atoms with E-state index in [2.05, 4.69) is 22.2 Å². The molecule has 0 aliphatic heterocycles. The molecule has 0 aromatic heterocycles. The Balaban J connectivity index is 2.49. The fourth-order valence-electron chi connectivity index (χ4n) is 1.31. The lowest BCUT2D eigenvalue weighted by molar-refractivity contribution is 0.414. The second-order valence-electron chi connectivity index (χ2n) is 3.52. The molecule has 1 aromatic carbocycles. The van der Waals surface area contributed by atoms with E-state index in [9.17, 15) is 0 Å². The lowest BCUT2D eigenvalue weighted by atomic mass is 10.2. The van der Waals surface area contributed by atoms with Crippen LogP contribution in [0, 0.1) is 0 Å². The maximum absolute atomic E-state index is 5.11. The van der Waals surface area contributed by atoms with E-state index in [1.807, 2.05) is 37.6 Å². The van der Waals surface area contributed by atoms with Crippen LogP contribution in [0.25, 0.3) is 0 Å². The molecule has 0 atom stereocenters. The Hall–Kier alpha value is -1.62. The van der Waals surface area contributed by atoms with Crippen molar-refractivity contribution in [3.05, 3.63) is 42.2 Å². The number of hydrogen-bond donors (Lipinski definition) is 2. The quantitative estimate of drug-likeness (QED) is 0.633. The SMILES string of the molecule is C=C(/N=C(\NC)SC)NCc1ccc(OC)cc1. The highest BCUT2D eigenvalue weighted by molar-refractivity contribution is 8.13. The van der Waals surface area contributed by atoms with E-state index < -0.39 is 0 Å². The zero-order valence-corrected chi connectivity index (χ0v) is 11.8. The molecule has 18 heavy (non-hydrogen) atoms. The average Bonchev–Trinajstić information content (AvgIpc) is 2.43. The molecule has 0 bridgehead atoms. The summed E-state index contributed by atoms with van der Waals surface area (Å²) in [7, 11) is 3.50.